The van der Waals surface area contributed by atoms with Crippen LogP contribution in [0.1, 0.15) is 28.7 Å². The van der Waals surface area contributed by atoms with Crippen molar-refractivity contribution in [2.75, 3.05) is 20.6 Å². The van der Waals surface area contributed by atoms with Crippen LogP contribution in [0.5, 0.6) is 0 Å². The summed E-state index contributed by atoms with van der Waals surface area (Å²) in [6.07, 6.45) is 1.21. The van der Waals surface area contributed by atoms with Crippen molar-refractivity contribution in [2.45, 2.75) is 33.6 Å². The van der Waals surface area contributed by atoms with Crippen molar-refractivity contribution >= 4 is 5.78 Å². The molecule has 0 fully saturated rings. The topological polar surface area (TPSA) is 20.3 Å². The van der Waals surface area contributed by atoms with Crippen LogP contribution >= 0.6 is 0 Å². The Hall–Kier alpha value is -1.15. The number of carbonyl (C=O) groups is 1. The molecule has 1 rings (SSSR count). The normalized spacial score (nSPS) is 10.9. The Bertz CT molecular complexity index is 384. The minimum atomic E-state index is 0.328. The summed E-state index contributed by atoms with van der Waals surface area (Å²) in [5, 5.41) is 0. The van der Waals surface area contributed by atoms with Crippen molar-refractivity contribution in [3.8, 4) is 0 Å². The molecule has 0 bridgehead atoms. The third-order valence-corrected chi connectivity index (χ3v) is 3.05. The molecule has 0 heterocycles. The second-order valence-electron chi connectivity index (χ2n) is 5.15. The zero-order valence-electron chi connectivity index (χ0n) is 11.6. The fourth-order valence-corrected chi connectivity index (χ4v) is 2.12. The number of carbonyl (C=O) groups excluding carboxylic acids is 1. The molecule has 0 spiro atoms. The molecule has 0 N–H and O–H groups in total. The number of hydrogen-bond acceptors (Lipinski definition) is 2. The van der Waals surface area contributed by atoms with Gasteiger partial charge in [-0.15, -0.1) is 0 Å². The molecule has 0 aliphatic rings. The molecule has 1 aromatic carbocycles. The van der Waals surface area contributed by atoms with Gasteiger partial charge in [0.2, 0.25) is 0 Å². The van der Waals surface area contributed by atoms with Crippen molar-refractivity contribution in [1.82, 2.24) is 4.90 Å². The summed E-state index contributed by atoms with van der Waals surface area (Å²) in [4.78, 5) is 13.9. The Kier molecular flexibility index (Phi) is 4.88. The highest BCUT2D eigenvalue weighted by Crippen LogP contribution is 2.17. The van der Waals surface area contributed by atoms with Crippen molar-refractivity contribution in [2.24, 2.45) is 0 Å². The lowest BCUT2D eigenvalue weighted by Crippen LogP contribution is -2.18. The van der Waals surface area contributed by atoms with E-state index >= 15 is 0 Å². The highest BCUT2D eigenvalue weighted by atomic mass is 16.1. The van der Waals surface area contributed by atoms with Crippen molar-refractivity contribution < 1.29 is 4.79 Å². The van der Waals surface area contributed by atoms with Crippen molar-refractivity contribution in [1.29, 1.82) is 0 Å². The second-order valence-corrected chi connectivity index (χ2v) is 5.15. The van der Waals surface area contributed by atoms with Gasteiger partial charge < -0.3 is 4.90 Å². The molecule has 1 aromatic rings. The maximum atomic E-state index is 11.9. The Balaban J connectivity index is 2.72. The van der Waals surface area contributed by atoms with Crippen LogP contribution in [0.3, 0.4) is 0 Å². The van der Waals surface area contributed by atoms with E-state index in [4.69, 9.17) is 0 Å². The van der Waals surface area contributed by atoms with Gasteiger partial charge in [0, 0.05) is 19.4 Å². The van der Waals surface area contributed by atoms with Crippen LogP contribution in [0.4, 0.5) is 0 Å². The third kappa shape index (κ3) is 4.31. The zero-order valence-corrected chi connectivity index (χ0v) is 11.6. The van der Waals surface area contributed by atoms with Crippen LogP contribution in [0, 0.1) is 20.8 Å². The molecular formula is C15H23NO. The van der Waals surface area contributed by atoms with Gasteiger partial charge in [-0.25, -0.2) is 0 Å². The first-order chi connectivity index (χ1) is 7.90. The lowest BCUT2D eigenvalue weighted by molar-refractivity contribution is -0.118. The van der Waals surface area contributed by atoms with Crippen LogP contribution in [0.25, 0.3) is 0 Å². The Morgan fingerprint density at radius 2 is 1.65 bits per heavy atom. The fraction of sp³-hybridized carbons (Fsp3) is 0.533. The van der Waals surface area contributed by atoms with Crippen LogP contribution in [0.2, 0.25) is 0 Å². The van der Waals surface area contributed by atoms with E-state index < -0.39 is 0 Å². The van der Waals surface area contributed by atoms with Gasteiger partial charge in [-0.3, -0.25) is 4.79 Å². The molecule has 0 radical (unpaired) electrons. The highest BCUT2D eigenvalue weighted by Gasteiger charge is 2.09. The van der Waals surface area contributed by atoms with Crippen LogP contribution in [-0.2, 0) is 11.2 Å². The summed E-state index contributed by atoms with van der Waals surface area (Å²) in [6, 6.07) is 4.31. The predicted octanol–water partition coefficient (Wildman–Crippen LogP) is 2.68. The first-order valence-electron chi connectivity index (χ1n) is 6.13. The summed E-state index contributed by atoms with van der Waals surface area (Å²) in [5.41, 5.74) is 4.95. The first-order valence-corrected chi connectivity index (χ1v) is 6.13. The lowest BCUT2D eigenvalue weighted by atomic mass is 9.95. The van der Waals surface area contributed by atoms with Gasteiger partial charge in [-0.1, -0.05) is 17.7 Å². The van der Waals surface area contributed by atoms with E-state index in [1.807, 2.05) is 19.0 Å². The molecule has 2 nitrogen and oxygen atoms in total. The average Bonchev–Trinajstić information content (AvgIpc) is 2.20. The molecule has 0 aromatic heterocycles. The van der Waals surface area contributed by atoms with Gasteiger partial charge in [0.1, 0.15) is 5.78 Å². The second kappa shape index (κ2) is 5.97. The Labute approximate surface area is 105 Å². The number of hydrogen-bond donors (Lipinski definition) is 0. The van der Waals surface area contributed by atoms with Gasteiger partial charge in [-0.2, -0.15) is 0 Å². The largest absolute Gasteiger partial charge is 0.309 e. The van der Waals surface area contributed by atoms with Crippen LogP contribution < -0.4 is 0 Å². The number of rotatable bonds is 5. The fourth-order valence-electron chi connectivity index (χ4n) is 2.12. The van der Waals surface area contributed by atoms with Gasteiger partial charge in [-0.05, 0) is 51.6 Å². The van der Waals surface area contributed by atoms with E-state index in [0.29, 0.717) is 18.6 Å². The standard InChI is InChI=1S/C15H23NO/c1-11-8-12(2)15(13(3)9-11)10-14(17)6-7-16(4)5/h8-9H,6-7,10H2,1-5H3. The molecule has 0 unspecified atom stereocenters. The van der Waals surface area contributed by atoms with E-state index in [1.165, 1.54) is 22.3 Å². The van der Waals surface area contributed by atoms with Gasteiger partial charge in [0.25, 0.3) is 0 Å². The Morgan fingerprint density at radius 1 is 1.12 bits per heavy atom. The molecule has 0 aliphatic carbocycles. The third-order valence-electron chi connectivity index (χ3n) is 3.05. The quantitative estimate of drug-likeness (QED) is 0.779. The molecule has 0 saturated carbocycles. The molecule has 17 heavy (non-hydrogen) atoms. The van der Waals surface area contributed by atoms with Gasteiger partial charge in [0.05, 0.1) is 0 Å². The summed E-state index contributed by atoms with van der Waals surface area (Å²) in [7, 11) is 3.99. The molecular weight excluding hydrogens is 210 g/mol. The van der Waals surface area contributed by atoms with Crippen molar-refractivity contribution in [3.63, 3.8) is 0 Å². The van der Waals surface area contributed by atoms with Crippen LogP contribution in [0.15, 0.2) is 12.1 Å². The number of aryl methyl sites for hydroxylation is 3. The summed E-state index contributed by atoms with van der Waals surface area (Å²) >= 11 is 0. The number of benzene rings is 1. The molecule has 0 saturated heterocycles. The van der Waals surface area contributed by atoms with Gasteiger partial charge in [0.15, 0.2) is 0 Å². The number of nitrogens with zero attached hydrogens (tertiary/aromatic N) is 1. The van der Waals surface area contributed by atoms with E-state index in [1.54, 1.807) is 0 Å². The average molecular weight is 233 g/mol. The maximum absolute atomic E-state index is 11.9. The number of Topliss-reactive ketones (excluding diaryl/α,β-unsaturated/α-hetero) is 1. The maximum Gasteiger partial charge on any atom is 0.138 e. The van der Waals surface area contributed by atoms with E-state index in [0.717, 1.165) is 6.54 Å². The first kappa shape index (κ1) is 13.9. The van der Waals surface area contributed by atoms with Gasteiger partial charge >= 0.3 is 0 Å². The highest BCUT2D eigenvalue weighted by molar-refractivity contribution is 5.81. The molecule has 2 heteroatoms. The summed E-state index contributed by atoms with van der Waals surface area (Å²) in [5.74, 6) is 0.328. The molecule has 94 valence electrons. The van der Waals surface area contributed by atoms with E-state index in [2.05, 4.69) is 32.9 Å². The Morgan fingerprint density at radius 3 is 2.12 bits per heavy atom. The minimum Gasteiger partial charge on any atom is -0.309 e. The monoisotopic (exact) mass is 233 g/mol. The van der Waals surface area contributed by atoms with E-state index in [9.17, 15) is 4.79 Å². The minimum absolute atomic E-state index is 0.328. The summed E-state index contributed by atoms with van der Waals surface area (Å²) < 4.78 is 0. The SMILES string of the molecule is Cc1cc(C)c(CC(=O)CCN(C)C)c(C)c1. The number of ketones is 1. The smallest absolute Gasteiger partial charge is 0.138 e. The predicted molar refractivity (Wildman–Crippen MR) is 72.5 cm³/mol. The molecule has 0 amide bonds. The van der Waals surface area contributed by atoms with E-state index in [-0.39, 0.29) is 0 Å². The van der Waals surface area contributed by atoms with Crippen molar-refractivity contribution in [3.05, 3.63) is 34.4 Å². The summed E-state index contributed by atoms with van der Waals surface area (Å²) in [6.45, 7) is 7.11. The molecule has 0 aliphatic heterocycles. The lowest BCUT2D eigenvalue weighted by Gasteiger charge is -2.12. The van der Waals surface area contributed by atoms with Crippen LogP contribution in [-0.4, -0.2) is 31.3 Å². The zero-order chi connectivity index (χ0) is 13.0. The molecule has 0 atom stereocenters.